The lowest BCUT2D eigenvalue weighted by Crippen LogP contribution is -2.08. The molecule has 1 heterocycles. The van der Waals surface area contributed by atoms with Gasteiger partial charge in [0.2, 0.25) is 17.2 Å². The Hall–Kier alpha value is -1.54. The van der Waals surface area contributed by atoms with Crippen LogP contribution in [0.15, 0.2) is 0 Å². The van der Waals surface area contributed by atoms with E-state index >= 15 is 0 Å². The molecule has 0 fully saturated rings. The first kappa shape index (κ1) is 10.5. The van der Waals surface area contributed by atoms with E-state index < -0.39 is 0 Å². The highest BCUT2D eigenvalue weighted by molar-refractivity contribution is 6.28. The van der Waals surface area contributed by atoms with Gasteiger partial charge in [0.05, 0.1) is 6.54 Å². The van der Waals surface area contributed by atoms with Crippen LogP contribution >= 0.6 is 11.6 Å². The van der Waals surface area contributed by atoms with E-state index in [1.807, 2.05) is 6.92 Å². The van der Waals surface area contributed by atoms with Gasteiger partial charge in [-0.05, 0) is 18.5 Å². The quantitative estimate of drug-likeness (QED) is 0.728. The van der Waals surface area contributed by atoms with Crippen LogP contribution in [0.1, 0.15) is 6.92 Å². The minimum atomic E-state index is 0.135. The minimum Gasteiger partial charge on any atom is -0.354 e. The third kappa shape index (κ3) is 3.07. The van der Waals surface area contributed by atoms with E-state index in [4.69, 9.17) is 18.0 Å². The maximum absolute atomic E-state index is 5.67. The molecule has 0 aliphatic carbocycles. The molecule has 5 nitrogen and oxygen atoms in total. The summed E-state index contributed by atoms with van der Waals surface area (Å²) >= 11 is 5.67. The zero-order chi connectivity index (χ0) is 10.4. The molecule has 0 aliphatic heterocycles. The van der Waals surface area contributed by atoms with Crippen molar-refractivity contribution in [3.8, 4) is 12.3 Å². The molecule has 14 heavy (non-hydrogen) atoms. The lowest BCUT2D eigenvalue weighted by Gasteiger charge is -2.04. The summed E-state index contributed by atoms with van der Waals surface area (Å²) in [7, 11) is 0. The summed E-state index contributed by atoms with van der Waals surface area (Å²) in [5.74, 6) is 3.22. The van der Waals surface area contributed by atoms with E-state index in [2.05, 4.69) is 31.5 Å². The van der Waals surface area contributed by atoms with E-state index in [0.29, 0.717) is 18.4 Å². The van der Waals surface area contributed by atoms with Gasteiger partial charge < -0.3 is 10.6 Å². The van der Waals surface area contributed by atoms with Crippen LogP contribution in [0, 0.1) is 12.3 Å². The zero-order valence-corrected chi connectivity index (χ0v) is 8.47. The first-order valence-electron chi connectivity index (χ1n) is 4.09. The average Bonchev–Trinajstić information content (AvgIpc) is 2.14. The number of nitrogens with one attached hydrogen (secondary N) is 2. The normalized spacial score (nSPS) is 9.21. The molecule has 1 aromatic rings. The summed E-state index contributed by atoms with van der Waals surface area (Å²) in [6, 6.07) is 0. The standard InChI is InChI=1S/C8H10ClN5/c1-3-5-11-8-13-6(9)12-7(14-8)10-4-2/h1H,4-5H2,2H3,(H2,10,11,12,13,14). The molecule has 2 N–H and O–H groups in total. The molecule has 6 heteroatoms. The van der Waals surface area contributed by atoms with Crippen molar-refractivity contribution in [1.29, 1.82) is 0 Å². The topological polar surface area (TPSA) is 62.7 Å². The summed E-state index contributed by atoms with van der Waals surface area (Å²) < 4.78 is 0. The van der Waals surface area contributed by atoms with Crippen LogP contribution in [-0.4, -0.2) is 28.0 Å². The molecule has 0 saturated heterocycles. The Morgan fingerprint density at radius 3 is 2.50 bits per heavy atom. The highest BCUT2D eigenvalue weighted by atomic mass is 35.5. The predicted molar refractivity (Wildman–Crippen MR) is 56.3 cm³/mol. The van der Waals surface area contributed by atoms with Crippen molar-refractivity contribution in [3.05, 3.63) is 5.28 Å². The van der Waals surface area contributed by atoms with Crippen LogP contribution in [0.3, 0.4) is 0 Å². The SMILES string of the molecule is C#CCNc1nc(Cl)nc(NCC)n1. The van der Waals surface area contributed by atoms with Crippen molar-refractivity contribution in [2.24, 2.45) is 0 Å². The van der Waals surface area contributed by atoms with Crippen molar-refractivity contribution in [1.82, 2.24) is 15.0 Å². The van der Waals surface area contributed by atoms with Gasteiger partial charge in [-0.25, -0.2) is 0 Å². The molecule has 0 unspecified atom stereocenters. The van der Waals surface area contributed by atoms with Crippen LogP contribution in [-0.2, 0) is 0 Å². The Kier molecular flexibility index (Phi) is 3.95. The molecule has 1 aromatic heterocycles. The summed E-state index contributed by atoms with van der Waals surface area (Å²) in [6.07, 6.45) is 5.08. The highest BCUT2D eigenvalue weighted by Gasteiger charge is 2.02. The van der Waals surface area contributed by atoms with Crippen LogP contribution < -0.4 is 10.6 Å². The molecule has 0 aliphatic rings. The maximum Gasteiger partial charge on any atom is 0.229 e. The van der Waals surface area contributed by atoms with Gasteiger partial charge in [-0.2, -0.15) is 15.0 Å². The Balaban J connectivity index is 2.79. The van der Waals surface area contributed by atoms with Gasteiger partial charge in [-0.15, -0.1) is 6.42 Å². The number of terminal acetylenes is 1. The van der Waals surface area contributed by atoms with Gasteiger partial charge in [0, 0.05) is 6.54 Å². The fourth-order valence-corrected chi connectivity index (χ4v) is 0.957. The Labute approximate surface area is 87.3 Å². The molecule has 0 amide bonds. The summed E-state index contributed by atoms with van der Waals surface area (Å²) in [6.45, 7) is 3.01. The Bertz CT molecular complexity index is 346. The summed E-state index contributed by atoms with van der Waals surface area (Å²) in [4.78, 5) is 11.8. The molecule has 1 rings (SSSR count). The number of anilines is 2. The van der Waals surface area contributed by atoms with Gasteiger partial charge >= 0.3 is 0 Å². The van der Waals surface area contributed by atoms with Crippen molar-refractivity contribution in [2.75, 3.05) is 23.7 Å². The fraction of sp³-hybridized carbons (Fsp3) is 0.375. The minimum absolute atomic E-state index is 0.135. The van der Waals surface area contributed by atoms with Crippen LogP contribution in [0.4, 0.5) is 11.9 Å². The predicted octanol–water partition coefficient (Wildman–Crippen LogP) is 1.00. The van der Waals surface area contributed by atoms with Gasteiger partial charge in [0.15, 0.2) is 0 Å². The molecule has 0 bridgehead atoms. The third-order valence-corrected chi connectivity index (χ3v) is 1.46. The van der Waals surface area contributed by atoms with Crippen LogP contribution in [0.25, 0.3) is 0 Å². The van der Waals surface area contributed by atoms with Gasteiger partial charge in [-0.1, -0.05) is 5.92 Å². The molecule has 0 saturated carbocycles. The third-order valence-electron chi connectivity index (χ3n) is 1.29. The highest BCUT2D eigenvalue weighted by Crippen LogP contribution is 2.08. The number of rotatable bonds is 4. The second kappa shape index (κ2) is 5.25. The first-order valence-corrected chi connectivity index (χ1v) is 4.47. The molecule has 0 aromatic carbocycles. The van der Waals surface area contributed by atoms with Crippen molar-refractivity contribution in [3.63, 3.8) is 0 Å². The van der Waals surface area contributed by atoms with Crippen LogP contribution in [0.5, 0.6) is 0 Å². The van der Waals surface area contributed by atoms with Crippen molar-refractivity contribution < 1.29 is 0 Å². The van der Waals surface area contributed by atoms with E-state index in [9.17, 15) is 0 Å². The number of halogens is 1. The van der Waals surface area contributed by atoms with Gasteiger partial charge in [0.25, 0.3) is 0 Å². The van der Waals surface area contributed by atoms with E-state index in [1.165, 1.54) is 0 Å². The molecule has 74 valence electrons. The van der Waals surface area contributed by atoms with Crippen molar-refractivity contribution in [2.45, 2.75) is 6.92 Å². The van der Waals surface area contributed by atoms with Gasteiger partial charge in [-0.3, -0.25) is 0 Å². The number of aromatic nitrogens is 3. The average molecular weight is 212 g/mol. The maximum atomic E-state index is 5.67. The second-order valence-corrected chi connectivity index (χ2v) is 2.68. The molecular weight excluding hydrogens is 202 g/mol. The summed E-state index contributed by atoms with van der Waals surface area (Å²) in [5.41, 5.74) is 0. The van der Waals surface area contributed by atoms with Crippen molar-refractivity contribution >= 4 is 23.5 Å². The van der Waals surface area contributed by atoms with E-state index in [-0.39, 0.29) is 5.28 Å². The summed E-state index contributed by atoms with van der Waals surface area (Å²) in [5, 5.41) is 5.87. The lowest BCUT2D eigenvalue weighted by atomic mass is 10.6. The molecular formula is C8H10ClN5. The van der Waals surface area contributed by atoms with E-state index in [1.54, 1.807) is 0 Å². The second-order valence-electron chi connectivity index (χ2n) is 2.34. The van der Waals surface area contributed by atoms with Crippen LogP contribution in [0.2, 0.25) is 5.28 Å². The molecule has 0 radical (unpaired) electrons. The Morgan fingerprint density at radius 1 is 1.29 bits per heavy atom. The molecule has 0 atom stereocenters. The fourth-order valence-electron chi connectivity index (χ4n) is 0.796. The monoisotopic (exact) mass is 211 g/mol. The molecule has 0 spiro atoms. The number of nitrogens with zero attached hydrogens (tertiary/aromatic N) is 3. The Morgan fingerprint density at radius 2 is 1.93 bits per heavy atom. The largest absolute Gasteiger partial charge is 0.354 e. The zero-order valence-electron chi connectivity index (χ0n) is 7.71. The number of hydrogen-bond acceptors (Lipinski definition) is 5. The lowest BCUT2D eigenvalue weighted by molar-refractivity contribution is 1.01. The number of hydrogen-bond donors (Lipinski definition) is 2. The first-order chi connectivity index (χ1) is 6.76. The smallest absolute Gasteiger partial charge is 0.229 e. The van der Waals surface area contributed by atoms with Gasteiger partial charge in [0.1, 0.15) is 0 Å². The van der Waals surface area contributed by atoms with E-state index in [0.717, 1.165) is 6.54 Å².